The molecule has 0 atom stereocenters. The van der Waals surface area contributed by atoms with Gasteiger partial charge < -0.3 is 0 Å². The number of aromatic amines is 1. The monoisotopic (exact) mass is 227 g/mol. The summed E-state index contributed by atoms with van der Waals surface area (Å²) in [5.74, 6) is 4.26. The predicted molar refractivity (Wildman–Crippen MR) is 63.1 cm³/mol. The summed E-state index contributed by atoms with van der Waals surface area (Å²) < 4.78 is 0. The molecule has 0 aliphatic heterocycles. The Balaban J connectivity index is 1.73. The normalized spacial score (nSPS) is 42.6. The first kappa shape index (κ1) is 9.70. The van der Waals surface area contributed by atoms with Gasteiger partial charge in [0.15, 0.2) is 0 Å². The summed E-state index contributed by atoms with van der Waals surface area (Å²) in [6, 6.07) is 2.27. The molecule has 3 heteroatoms. The second-order valence-corrected chi connectivity index (χ2v) is 6.27. The molecule has 1 heterocycles. The van der Waals surface area contributed by atoms with Crippen molar-refractivity contribution in [3.63, 3.8) is 0 Å². The molecule has 0 unspecified atom stereocenters. The van der Waals surface area contributed by atoms with Gasteiger partial charge in [0, 0.05) is 5.56 Å². The van der Waals surface area contributed by atoms with Gasteiger partial charge >= 0.3 is 0 Å². The van der Waals surface area contributed by atoms with E-state index >= 15 is 0 Å². The molecule has 1 aromatic heterocycles. The number of nitriles is 1. The van der Waals surface area contributed by atoms with Crippen molar-refractivity contribution in [2.45, 2.75) is 38.0 Å². The molecule has 0 spiro atoms. The molecule has 4 saturated carbocycles. The van der Waals surface area contributed by atoms with Gasteiger partial charge in [-0.25, -0.2) is 0 Å². The molecule has 4 bridgehead atoms. The van der Waals surface area contributed by atoms with Crippen LogP contribution in [0.4, 0.5) is 0 Å². The Morgan fingerprint density at radius 2 is 1.76 bits per heavy atom. The van der Waals surface area contributed by atoms with Gasteiger partial charge in [-0.05, 0) is 61.7 Å². The zero-order valence-corrected chi connectivity index (χ0v) is 9.89. The lowest BCUT2D eigenvalue weighted by Crippen LogP contribution is -2.43. The minimum absolute atomic E-state index is 0.621. The lowest BCUT2D eigenvalue weighted by Gasteiger charge is -2.54. The third kappa shape index (κ3) is 1.30. The minimum Gasteiger partial charge on any atom is -0.268 e. The maximum Gasteiger partial charge on any atom is 0.138 e. The van der Waals surface area contributed by atoms with E-state index in [-0.39, 0.29) is 0 Å². The van der Waals surface area contributed by atoms with Gasteiger partial charge in [0.25, 0.3) is 0 Å². The fourth-order valence-electron chi connectivity index (χ4n) is 5.07. The van der Waals surface area contributed by atoms with E-state index in [9.17, 15) is 0 Å². The standard InChI is InChI=1S/C14H17N3/c15-6-13-12(7-16-17-13)14-10-2-8-1-9(4-10)5-11(14)3-8/h7-11,14H,1-5H2,(H,16,17). The van der Waals surface area contributed by atoms with Crippen LogP contribution in [0.1, 0.15) is 49.3 Å². The third-order valence-corrected chi connectivity index (χ3v) is 5.37. The van der Waals surface area contributed by atoms with Crippen LogP contribution in [0.2, 0.25) is 0 Å². The summed E-state index contributed by atoms with van der Waals surface area (Å²) in [4.78, 5) is 0. The molecule has 1 N–H and O–H groups in total. The van der Waals surface area contributed by atoms with Gasteiger partial charge in [-0.3, -0.25) is 5.10 Å². The number of hydrogen-bond acceptors (Lipinski definition) is 2. The number of aromatic nitrogens is 2. The van der Waals surface area contributed by atoms with E-state index in [0.717, 1.165) is 23.7 Å². The molecular weight excluding hydrogens is 210 g/mol. The van der Waals surface area contributed by atoms with Crippen LogP contribution in [0.5, 0.6) is 0 Å². The van der Waals surface area contributed by atoms with Crippen LogP contribution >= 0.6 is 0 Å². The van der Waals surface area contributed by atoms with Crippen LogP contribution < -0.4 is 0 Å². The van der Waals surface area contributed by atoms with Gasteiger partial charge in [0.2, 0.25) is 0 Å². The molecule has 3 nitrogen and oxygen atoms in total. The quantitative estimate of drug-likeness (QED) is 0.802. The molecule has 0 amide bonds. The molecular formula is C14H17N3. The Labute approximate surface area is 101 Å². The highest BCUT2D eigenvalue weighted by Gasteiger charge is 2.49. The first-order valence-corrected chi connectivity index (χ1v) is 6.78. The zero-order valence-electron chi connectivity index (χ0n) is 9.89. The molecule has 0 aromatic carbocycles. The van der Waals surface area contributed by atoms with E-state index < -0.39 is 0 Å². The predicted octanol–water partition coefficient (Wildman–Crippen LogP) is 2.82. The molecule has 0 radical (unpaired) electrons. The van der Waals surface area contributed by atoms with Crippen LogP contribution in [-0.4, -0.2) is 10.2 Å². The first-order chi connectivity index (χ1) is 8.35. The Kier molecular flexibility index (Phi) is 1.91. The highest BCUT2D eigenvalue weighted by Crippen LogP contribution is 2.59. The van der Waals surface area contributed by atoms with E-state index in [0.29, 0.717) is 11.6 Å². The number of nitrogens with one attached hydrogen (secondary N) is 1. The van der Waals surface area contributed by atoms with Crippen LogP contribution in [-0.2, 0) is 0 Å². The highest BCUT2D eigenvalue weighted by atomic mass is 15.1. The number of nitrogens with zero attached hydrogens (tertiary/aromatic N) is 2. The summed E-state index contributed by atoms with van der Waals surface area (Å²) in [5, 5.41) is 16.1. The van der Waals surface area contributed by atoms with Gasteiger partial charge in [0.05, 0.1) is 6.20 Å². The maximum atomic E-state index is 9.14. The minimum atomic E-state index is 0.621. The maximum absolute atomic E-state index is 9.14. The number of rotatable bonds is 1. The van der Waals surface area contributed by atoms with Crippen molar-refractivity contribution >= 4 is 0 Å². The SMILES string of the molecule is N#Cc1[nH]ncc1C1C2CC3CC(C2)CC1C3. The van der Waals surface area contributed by atoms with E-state index in [2.05, 4.69) is 16.3 Å². The summed E-state index contributed by atoms with van der Waals surface area (Å²) in [5.41, 5.74) is 1.92. The van der Waals surface area contributed by atoms with E-state index in [1.54, 1.807) is 0 Å². The lowest BCUT2D eigenvalue weighted by atomic mass is 9.51. The van der Waals surface area contributed by atoms with Gasteiger partial charge in [-0.2, -0.15) is 10.4 Å². The summed E-state index contributed by atoms with van der Waals surface area (Å²) in [6.07, 6.45) is 8.98. The largest absolute Gasteiger partial charge is 0.268 e. The molecule has 4 aliphatic carbocycles. The summed E-state index contributed by atoms with van der Waals surface area (Å²) >= 11 is 0. The second kappa shape index (κ2) is 3.35. The van der Waals surface area contributed by atoms with Crippen molar-refractivity contribution in [3.8, 4) is 6.07 Å². The Bertz CT molecular complexity index is 454. The molecule has 88 valence electrons. The summed E-state index contributed by atoms with van der Waals surface area (Å²) in [6.45, 7) is 0. The van der Waals surface area contributed by atoms with E-state index in [4.69, 9.17) is 5.26 Å². The average molecular weight is 227 g/mol. The number of H-pyrrole nitrogens is 1. The van der Waals surface area contributed by atoms with Gasteiger partial charge in [-0.15, -0.1) is 0 Å². The molecule has 4 fully saturated rings. The van der Waals surface area contributed by atoms with Crippen LogP contribution in [0.15, 0.2) is 6.20 Å². The molecule has 0 saturated heterocycles. The van der Waals surface area contributed by atoms with Crippen molar-refractivity contribution in [1.82, 2.24) is 10.2 Å². The highest BCUT2D eigenvalue weighted by molar-refractivity contribution is 5.34. The fourth-order valence-corrected chi connectivity index (χ4v) is 5.07. The zero-order chi connectivity index (χ0) is 11.4. The Hall–Kier alpha value is -1.30. The van der Waals surface area contributed by atoms with Gasteiger partial charge in [-0.1, -0.05) is 0 Å². The Morgan fingerprint density at radius 1 is 1.12 bits per heavy atom. The van der Waals surface area contributed by atoms with Crippen LogP contribution in [0, 0.1) is 35.0 Å². The van der Waals surface area contributed by atoms with E-state index in [1.807, 2.05) is 6.20 Å². The Morgan fingerprint density at radius 3 is 2.35 bits per heavy atom. The van der Waals surface area contributed by atoms with Crippen LogP contribution in [0.3, 0.4) is 0 Å². The first-order valence-electron chi connectivity index (χ1n) is 6.78. The van der Waals surface area contributed by atoms with Crippen LogP contribution in [0.25, 0.3) is 0 Å². The smallest absolute Gasteiger partial charge is 0.138 e. The second-order valence-electron chi connectivity index (χ2n) is 6.27. The van der Waals surface area contributed by atoms with Crippen molar-refractivity contribution in [2.75, 3.05) is 0 Å². The van der Waals surface area contributed by atoms with Crippen molar-refractivity contribution in [3.05, 3.63) is 17.5 Å². The van der Waals surface area contributed by atoms with E-state index in [1.165, 1.54) is 37.7 Å². The number of hydrogen-bond donors (Lipinski definition) is 1. The average Bonchev–Trinajstić information content (AvgIpc) is 2.75. The molecule has 17 heavy (non-hydrogen) atoms. The fraction of sp³-hybridized carbons (Fsp3) is 0.714. The molecule has 4 aliphatic rings. The molecule has 1 aromatic rings. The van der Waals surface area contributed by atoms with Crippen molar-refractivity contribution in [2.24, 2.45) is 23.7 Å². The van der Waals surface area contributed by atoms with Crippen molar-refractivity contribution in [1.29, 1.82) is 5.26 Å². The van der Waals surface area contributed by atoms with Gasteiger partial charge in [0.1, 0.15) is 11.8 Å². The topological polar surface area (TPSA) is 52.5 Å². The lowest BCUT2D eigenvalue weighted by molar-refractivity contribution is -0.00285. The van der Waals surface area contributed by atoms with Crippen molar-refractivity contribution < 1.29 is 0 Å². The molecule has 5 rings (SSSR count). The summed E-state index contributed by atoms with van der Waals surface area (Å²) in [7, 11) is 0. The third-order valence-electron chi connectivity index (χ3n) is 5.37.